The number of hydrogen-bond acceptors (Lipinski definition) is 6. The third-order valence-electron chi connectivity index (χ3n) is 0.881. The molecule has 0 unspecified atom stereocenters. The molecule has 0 saturated heterocycles. The van der Waals surface area contributed by atoms with Crippen LogP contribution >= 0.6 is 0 Å². The van der Waals surface area contributed by atoms with Gasteiger partial charge in [0.05, 0.1) is 0 Å². The van der Waals surface area contributed by atoms with Crippen LogP contribution in [0.2, 0.25) is 0 Å². The predicted molar refractivity (Wildman–Crippen MR) is 43.9 cm³/mol. The molecule has 0 aliphatic heterocycles. The van der Waals surface area contributed by atoms with Crippen LogP contribution in [0.3, 0.4) is 0 Å². The van der Waals surface area contributed by atoms with Gasteiger partial charge >= 0.3 is 11.9 Å². The van der Waals surface area contributed by atoms with Gasteiger partial charge in [0.25, 0.3) is 0 Å². The molecule has 0 saturated carbocycles. The molecular weight excluding hydrogens is 176 g/mol. The molecule has 0 heterocycles. The average Bonchev–Trinajstić information content (AvgIpc) is 1.81. The second-order valence-electron chi connectivity index (χ2n) is 3.36. The SMILES string of the molecule is CC(C)(C)OC(=O)CC(=O)ONN. The van der Waals surface area contributed by atoms with E-state index in [-0.39, 0.29) is 0 Å². The molecule has 0 aromatic rings. The Morgan fingerprint density at radius 3 is 2.23 bits per heavy atom. The van der Waals surface area contributed by atoms with E-state index in [1.807, 2.05) is 0 Å². The van der Waals surface area contributed by atoms with Crippen LogP contribution in [-0.4, -0.2) is 17.5 Å². The van der Waals surface area contributed by atoms with Crippen LogP contribution in [0.1, 0.15) is 27.2 Å². The van der Waals surface area contributed by atoms with Gasteiger partial charge in [-0.1, -0.05) is 5.59 Å². The van der Waals surface area contributed by atoms with Crippen molar-refractivity contribution in [3.05, 3.63) is 0 Å². The van der Waals surface area contributed by atoms with E-state index in [2.05, 4.69) is 10.7 Å². The Bertz CT molecular complexity index is 197. The number of rotatable bonds is 3. The van der Waals surface area contributed by atoms with E-state index in [0.29, 0.717) is 0 Å². The highest BCUT2D eigenvalue weighted by molar-refractivity contribution is 5.91. The summed E-state index contributed by atoms with van der Waals surface area (Å²) in [4.78, 5) is 25.7. The molecule has 0 rings (SSSR count). The van der Waals surface area contributed by atoms with Gasteiger partial charge < -0.3 is 9.57 Å². The van der Waals surface area contributed by atoms with E-state index in [9.17, 15) is 9.59 Å². The van der Waals surface area contributed by atoms with Gasteiger partial charge in [0.1, 0.15) is 12.0 Å². The van der Waals surface area contributed by atoms with Gasteiger partial charge in [-0.3, -0.25) is 4.79 Å². The lowest BCUT2D eigenvalue weighted by Crippen LogP contribution is -2.30. The highest BCUT2D eigenvalue weighted by Crippen LogP contribution is 2.08. The zero-order valence-corrected chi connectivity index (χ0v) is 7.92. The van der Waals surface area contributed by atoms with Gasteiger partial charge in [-0.25, -0.2) is 10.6 Å². The summed E-state index contributed by atoms with van der Waals surface area (Å²) in [6, 6.07) is 0. The Morgan fingerprint density at radius 2 is 1.85 bits per heavy atom. The fourth-order valence-electron chi connectivity index (χ4n) is 0.597. The zero-order chi connectivity index (χ0) is 10.5. The molecule has 3 N–H and O–H groups in total. The second kappa shape index (κ2) is 4.78. The molecule has 6 heteroatoms. The fourth-order valence-corrected chi connectivity index (χ4v) is 0.597. The Balaban J connectivity index is 3.82. The van der Waals surface area contributed by atoms with Crippen molar-refractivity contribution in [2.45, 2.75) is 32.8 Å². The number of carbonyl (C=O) groups excluding carboxylic acids is 2. The van der Waals surface area contributed by atoms with Gasteiger partial charge in [-0.15, -0.1) is 0 Å². The van der Waals surface area contributed by atoms with E-state index in [0.717, 1.165) is 0 Å². The van der Waals surface area contributed by atoms with E-state index in [1.165, 1.54) is 0 Å². The standard InChI is InChI=1S/C7H14N2O4/c1-7(2,3)12-5(10)4-6(11)13-9-8/h9H,4,8H2,1-3H3. The van der Waals surface area contributed by atoms with Crippen molar-refractivity contribution in [3.8, 4) is 0 Å². The second-order valence-corrected chi connectivity index (χ2v) is 3.36. The molecule has 0 aliphatic carbocycles. The summed E-state index contributed by atoms with van der Waals surface area (Å²) in [5, 5.41) is 0. The lowest BCUT2D eigenvalue weighted by atomic mass is 10.2. The van der Waals surface area contributed by atoms with Crippen molar-refractivity contribution >= 4 is 11.9 Å². The van der Waals surface area contributed by atoms with E-state index < -0.39 is 24.0 Å². The molecule has 76 valence electrons. The Morgan fingerprint density at radius 1 is 1.31 bits per heavy atom. The molecule has 0 amide bonds. The van der Waals surface area contributed by atoms with Crippen molar-refractivity contribution in [2.75, 3.05) is 0 Å². The Hall–Kier alpha value is -1.14. The summed E-state index contributed by atoms with van der Waals surface area (Å²) in [6.45, 7) is 5.12. The molecular formula is C7H14N2O4. The summed E-state index contributed by atoms with van der Waals surface area (Å²) in [6.07, 6.45) is -0.457. The summed E-state index contributed by atoms with van der Waals surface area (Å²) in [5.74, 6) is 3.26. The van der Waals surface area contributed by atoms with E-state index >= 15 is 0 Å². The molecule has 0 aromatic carbocycles. The summed E-state index contributed by atoms with van der Waals surface area (Å²) >= 11 is 0. The topological polar surface area (TPSA) is 90.7 Å². The maximum atomic E-state index is 11.0. The number of hydrazine groups is 1. The molecule has 0 bridgehead atoms. The molecule has 6 nitrogen and oxygen atoms in total. The third kappa shape index (κ3) is 7.23. The molecule has 0 aliphatic rings. The zero-order valence-electron chi connectivity index (χ0n) is 7.92. The lowest BCUT2D eigenvalue weighted by Gasteiger charge is -2.18. The summed E-state index contributed by atoms with van der Waals surface area (Å²) in [7, 11) is 0. The Kier molecular flexibility index (Phi) is 4.36. The third-order valence-corrected chi connectivity index (χ3v) is 0.881. The van der Waals surface area contributed by atoms with Gasteiger partial charge in [0.2, 0.25) is 0 Å². The molecule has 0 fully saturated rings. The normalized spacial score (nSPS) is 10.8. The molecule has 0 atom stereocenters. The quantitative estimate of drug-likeness (QED) is 0.273. The number of ether oxygens (including phenoxy) is 1. The Labute approximate surface area is 76.3 Å². The van der Waals surface area contributed by atoms with Crippen LogP contribution in [0.4, 0.5) is 0 Å². The first-order valence-electron chi connectivity index (χ1n) is 3.72. The highest BCUT2D eigenvalue weighted by atomic mass is 16.7. The van der Waals surface area contributed by atoms with Crippen LogP contribution < -0.4 is 11.4 Å². The molecule has 0 radical (unpaired) electrons. The lowest BCUT2D eigenvalue weighted by molar-refractivity contribution is -0.164. The van der Waals surface area contributed by atoms with Gasteiger partial charge in [0, 0.05) is 0 Å². The number of hydrogen-bond donors (Lipinski definition) is 2. The van der Waals surface area contributed by atoms with Gasteiger partial charge in [0.15, 0.2) is 0 Å². The number of carbonyl (C=O) groups is 2. The van der Waals surface area contributed by atoms with Crippen LogP contribution in [0.5, 0.6) is 0 Å². The van der Waals surface area contributed by atoms with Crippen molar-refractivity contribution < 1.29 is 19.2 Å². The van der Waals surface area contributed by atoms with E-state index in [4.69, 9.17) is 4.74 Å². The highest BCUT2D eigenvalue weighted by Gasteiger charge is 2.19. The summed E-state index contributed by atoms with van der Waals surface area (Å²) in [5.41, 5.74) is 1.07. The maximum Gasteiger partial charge on any atom is 0.337 e. The van der Waals surface area contributed by atoms with Crippen molar-refractivity contribution in [2.24, 2.45) is 5.84 Å². The van der Waals surface area contributed by atoms with Crippen LogP contribution in [0.15, 0.2) is 0 Å². The van der Waals surface area contributed by atoms with Gasteiger partial charge in [-0.05, 0) is 20.8 Å². The number of esters is 1. The first-order chi connectivity index (χ1) is 5.85. The van der Waals surface area contributed by atoms with Crippen molar-refractivity contribution in [1.82, 2.24) is 5.59 Å². The van der Waals surface area contributed by atoms with Crippen LogP contribution in [0.25, 0.3) is 0 Å². The molecule has 13 heavy (non-hydrogen) atoms. The minimum Gasteiger partial charge on any atom is -0.460 e. The van der Waals surface area contributed by atoms with Crippen molar-refractivity contribution in [1.29, 1.82) is 0 Å². The predicted octanol–water partition coefficient (Wildman–Crippen LogP) is -0.360. The van der Waals surface area contributed by atoms with E-state index in [1.54, 1.807) is 26.4 Å². The smallest absolute Gasteiger partial charge is 0.337 e. The first kappa shape index (κ1) is 11.9. The monoisotopic (exact) mass is 190 g/mol. The molecule has 0 aromatic heterocycles. The van der Waals surface area contributed by atoms with Crippen LogP contribution in [-0.2, 0) is 19.2 Å². The maximum absolute atomic E-state index is 11.0. The fraction of sp³-hybridized carbons (Fsp3) is 0.714. The average molecular weight is 190 g/mol. The first-order valence-corrected chi connectivity index (χ1v) is 3.72. The minimum atomic E-state index is -0.781. The van der Waals surface area contributed by atoms with Crippen molar-refractivity contribution in [3.63, 3.8) is 0 Å². The molecule has 0 spiro atoms. The number of nitrogens with two attached hydrogens (primary N) is 1. The summed E-state index contributed by atoms with van der Waals surface area (Å²) < 4.78 is 4.85. The minimum absolute atomic E-state index is 0.457. The number of nitrogens with one attached hydrogen (secondary N) is 1. The largest absolute Gasteiger partial charge is 0.460 e. The van der Waals surface area contributed by atoms with Gasteiger partial charge in [-0.2, -0.15) is 0 Å². The van der Waals surface area contributed by atoms with Crippen LogP contribution in [0, 0.1) is 0 Å².